The molecular formula is C17H14FN3. The average Bonchev–Trinajstić information content (AvgIpc) is 3.16. The van der Waals surface area contributed by atoms with Crippen LogP contribution >= 0.6 is 0 Å². The molecule has 3 nitrogen and oxygen atoms in total. The average molecular weight is 279 g/mol. The highest BCUT2D eigenvalue weighted by Gasteiger charge is 2.18. The van der Waals surface area contributed by atoms with E-state index >= 15 is 0 Å². The van der Waals surface area contributed by atoms with Crippen molar-refractivity contribution in [3.05, 3.63) is 66.4 Å². The lowest BCUT2D eigenvalue weighted by Crippen LogP contribution is -2.00. The maximum absolute atomic E-state index is 14.1. The molecule has 0 radical (unpaired) electrons. The molecule has 0 saturated carbocycles. The van der Waals surface area contributed by atoms with E-state index in [-0.39, 0.29) is 5.82 Å². The van der Waals surface area contributed by atoms with Gasteiger partial charge in [0.05, 0.1) is 23.9 Å². The number of aromatic nitrogens is 2. The topological polar surface area (TPSA) is 29.9 Å². The Kier molecular flexibility index (Phi) is 2.74. The Morgan fingerprint density at radius 3 is 2.90 bits per heavy atom. The van der Waals surface area contributed by atoms with Gasteiger partial charge >= 0.3 is 0 Å². The number of benzene rings is 2. The van der Waals surface area contributed by atoms with Gasteiger partial charge in [0.25, 0.3) is 0 Å². The highest BCUT2D eigenvalue weighted by Crippen LogP contribution is 2.35. The van der Waals surface area contributed by atoms with E-state index in [1.807, 2.05) is 18.2 Å². The molecule has 1 aromatic heterocycles. The number of hydrogen-bond donors (Lipinski definition) is 1. The van der Waals surface area contributed by atoms with Gasteiger partial charge in [0.15, 0.2) is 0 Å². The summed E-state index contributed by atoms with van der Waals surface area (Å²) in [4.78, 5) is 4.21. The van der Waals surface area contributed by atoms with Crippen LogP contribution in [-0.2, 0) is 6.42 Å². The summed E-state index contributed by atoms with van der Waals surface area (Å²) in [5, 5.41) is 3.42. The molecule has 0 atom stereocenters. The van der Waals surface area contributed by atoms with Crippen LogP contribution in [0.5, 0.6) is 0 Å². The molecule has 0 unspecified atom stereocenters. The molecule has 0 fully saturated rings. The minimum Gasteiger partial charge on any atom is -0.384 e. The Bertz CT molecular complexity index is 807. The second-order valence-electron chi connectivity index (χ2n) is 5.12. The highest BCUT2D eigenvalue weighted by molar-refractivity contribution is 5.80. The zero-order valence-corrected chi connectivity index (χ0v) is 11.4. The second kappa shape index (κ2) is 4.74. The van der Waals surface area contributed by atoms with Crippen molar-refractivity contribution in [2.45, 2.75) is 6.42 Å². The predicted molar refractivity (Wildman–Crippen MR) is 81.2 cm³/mol. The number of halogens is 1. The molecule has 4 rings (SSSR count). The van der Waals surface area contributed by atoms with Crippen LogP contribution in [0.2, 0.25) is 0 Å². The molecule has 2 aromatic carbocycles. The van der Waals surface area contributed by atoms with Crippen molar-refractivity contribution in [3.63, 3.8) is 0 Å². The Morgan fingerprint density at radius 2 is 2.00 bits per heavy atom. The zero-order chi connectivity index (χ0) is 14.2. The molecule has 104 valence electrons. The normalized spacial score (nSPS) is 13.0. The van der Waals surface area contributed by atoms with Gasteiger partial charge in [-0.2, -0.15) is 0 Å². The molecule has 1 aliphatic heterocycles. The standard InChI is InChI=1S/C17H14FN3/c18-14-6-1-2-7-15(14)21-11-19-10-16(21)13-5-3-4-12-8-9-20-17(12)13/h1-7,10-11,20H,8-9H2. The lowest BCUT2D eigenvalue weighted by Gasteiger charge is -2.12. The number of imidazole rings is 1. The summed E-state index contributed by atoms with van der Waals surface area (Å²) in [5.41, 5.74) is 4.90. The predicted octanol–water partition coefficient (Wildman–Crippen LogP) is 3.65. The molecule has 0 spiro atoms. The minimum absolute atomic E-state index is 0.253. The third-order valence-electron chi connectivity index (χ3n) is 3.87. The highest BCUT2D eigenvalue weighted by atomic mass is 19.1. The summed E-state index contributed by atoms with van der Waals surface area (Å²) in [7, 11) is 0. The minimum atomic E-state index is -0.253. The third kappa shape index (κ3) is 1.91. The molecule has 0 amide bonds. The number of rotatable bonds is 2. The molecular weight excluding hydrogens is 265 g/mol. The Labute approximate surface area is 122 Å². The number of para-hydroxylation sites is 2. The van der Waals surface area contributed by atoms with Gasteiger partial charge in [-0.1, -0.05) is 30.3 Å². The van der Waals surface area contributed by atoms with Crippen molar-refractivity contribution >= 4 is 5.69 Å². The van der Waals surface area contributed by atoms with Crippen molar-refractivity contribution in [3.8, 4) is 16.9 Å². The molecule has 0 bridgehead atoms. The van der Waals surface area contributed by atoms with Crippen LogP contribution in [0.25, 0.3) is 16.9 Å². The van der Waals surface area contributed by atoms with Crippen molar-refractivity contribution in [2.24, 2.45) is 0 Å². The van der Waals surface area contributed by atoms with E-state index in [1.165, 1.54) is 11.6 Å². The number of hydrogen-bond acceptors (Lipinski definition) is 2. The zero-order valence-electron chi connectivity index (χ0n) is 11.4. The van der Waals surface area contributed by atoms with Gasteiger partial charge in [-0.05, 0) is 24.1 Å². The maximum atomic E-state index is 14.1. The van der Waals surface area contributed by atoms with Gasteiger partial charge < -0.3 is 5.32 Å². The first-order valence-electron chi connectivity index (χ1n) is 6.98. The summed E-state index contributed by atoms with van der Waals surface area (Å²) >= 11 is 0. The van der Waals surface area contributed by atoms with Crippen LogP contribution in [0, 0.1) is 5.82 Å². The lowest BCUT2D eigenvalue weighted by atomic mass is 10.1. The van der Waals surface area contributed by atoms with E-state index in [9.17, 15) is 4.39 Å². The van der Waals surface area contributed by atoms with E-state index < -0.39 is 0 Å². The van der Waals surface area contributed by atoms with Crippen LogP contribution in [0.4, 0.5) is 10.1 Å². The first-order valence-corrected chi connectivity index (χ1v) is 6.98. The SMILES string of the molecule is Fc1ccccc1-n1cncc1-c1cccc2c1NCC2. The van der Waals surface area contributed by atoms with Crippen molar-refractivity contribution in [1.82, 2.24) is 9.55 Å². The van der Waals surface area contributed by atoms with Gasteiger partial charge in [0, 0.05) is 17.8 Å². The monoisotopic (exact) mass is 279 g/mol. The fourth-order valence-electron chi connectivity index (χ4n) is 2.89. The van der Waals surface area contributed by atoms with Crippen molar-refractivity contribution < 1.29 is 4.39 Å². The molecule has 21 heavy (non-hydrogen) atoms. The number of fused-ring (bicyclic) bond motifs is 1. The van der Waals surface area contributed by atoms with Gasteiger partial charge in [-0.3, -0.25) is 4.57 Å². The summed E-state index contributed by atoms with van der Waals surface area (Å²) in [6.07, 6.45) is 4.46. The van der Waals surface area contributed by atoms with Gasteiger partial charge in [-0.25, -0.2) is 9.37 Å². The fraction of sp³-hybridized carbons (Fsp3) is 0.118. The molecule has 1 N–H and O–H groups in total. The van der Waals surface area contributed by atoms with E-state index in [0.717, 1.165) is 29.9 Å². The second-order valence-corrected chi connectivity index (χ2v) is 5.12. The number of anilines is 1. The van der Waals surface area contributed by atoms with Crippen LogP contribution in [-0.4, -0.2) is 16.1 Å². The third-order valence-corrected chi connectivity index (χ3v) is 3.87. The Hall–Kier alpha value is -2.62. The summed E-state index contributed by atoms with van der Waals surface area (Å²) < 4.78 is 15.9. The van der Waals surface area contributed by atoms with Crippen LogP contribution < -0.4 is 5.32 Å². The van der Waals surface area contributed by atoms with Gasteiger partial charge in [-0.15, -0.1) is 0 Å². The molecule has 3 aromatic rings. The lowest BCUT2D eigenvalue weighted by molar-refractivity contribution is 0.618. The largest absolute Gasteiger partial charge is 0.384 e. The summed E-state index contributed by atoms with van der Waals surface area (Å²) in [6, 6.07) is 13.0. The molecule has 0 saturated heterocycles. The molecule has 2 heterocycles. The van der Waals surface area contributed by atoms with Crippen molar-refractivity contribution in [2.75, 3.05) is 11.9 Å². The van der Waals surface area contributed by atoms with Crippen LogP contribution in [0.15, 0.2) is 55.0 Å². The number of nitrogens with one attached hydrogen (secondary N) is 1. The summed E-state index contributed by atoms with van der Waals surface area (Å²) in [6.45, 7) is 0.945. The van der Waals surface area contributed by atoms with E-state index in [4.69, 9.17) is 0 Å². The molecule has 1 aliphatic rings. The number of nitrogens with zero attached hydrogens (tertiary/aromatic N) is 2. The first kappa shape index (κ1) is 12.1. The Morgan fingerprint density at radius 1 is 1.10 bits per heavy atom. The Balaban J connectivity index is 1.91. The smallest absolute Gasteiger partial charge is 0.147 e. The van der Waals surface area contributed by atoms with E-state index in [0.29, 0.717) is 5.69 Å². The van der Waals surface area contributed by atoms with E-state index in [2.05, 4.69) is 16.4 Å². The maximum Gasteiger partial charge on any atom is 0.147 e. The molecule has 4 heteroatoms. The summed E-state index contributed by atoms with van der Waals surface area (Å²) in [5.74, 6) is -0.253. The van der Waals surface area contributed by atoms with Gasteiger partial charge in [0.1, 0.15) is 5.82 Å². The quantitative estimate of drug-likeness (QED) is 0.776. The van der Waals surface area contributed by atoms with Crippen LogP contribution in [0.3, 0.4) is 0 Å². The van der Waals surface area contributed by atoms with Crippen molar-refractivity contribution in [1.29, 1.82) is 0 Å². The van der Waals surface area contributed by atoms with Crippen LogP contribution in [0.1, 0.15) is 5.56 Å². The fourth-order valence-corrected chi connectivity index (χ4v) is 2.89. The van der Waals surface area contributed by atoms with E-state index in [1.54, 1.807) is 29.2 Å². The first-order chi connectivity index (χ1) is 10.3. The molecule has 0 aliphatic carbocycles. The van der Waals surface area contributed by atoms with Gasteiger partial charge in [0.2, 0.25) is 0 Å².